The van der Waals surface area contributed by atoms with Crippen LogP contribution in [-0.4, -0.2) is 35.0 Å². The summed E-state index contributed by atoms with van der Waals surface area (Å²) in [7, 11) is 2.19. The Hall–Kier alpha value is -1.22. The molecule has 1 saturated heterocycles. The van der Waals surface area contributed by atoms with Crippen molar-refractivity contribution < 1.29 is 0 Å². The molecule has 0 bridgehead atoms. The summed E-state index contributed by atoms with van der Waals surface area (Å²) in [4.78, 5) is 10.4. The monoisotopic (exact) mass is 203 g/mol. The van der Waals surface area contributed by atoms with E-state index in [0.717, 1.165) is 11.5 Å². The molecule has 0 unspecified atom stereocenters. The van der Waals surface area contributed by atoms with E-state index in [1.54, 1.807) is 6.33 Å². The molecule has 0 spiro atoms. The fraction of sp³-hybridized carbons (Fsp3) is 0.500. The van der Waals surface area contributed by atoms with Gasteiger partial charge < -0.3 is 4.90 Å². The molecule has 2 rings (SSSR count). The lowest BCUT2D eigenvalue weighted by Gasteiger charge is -2.26. The van der Waals surface area contributed by atoms with Crippen LogP contribution in [0, 0.1) is 5.92 Å². The summed E-state index contributed by atoms with van der Waals surface area (Å²) >= 11 is 0. The highest BCUT2D eigenvalue weighted by Crippen LogP contribution is 2.18. The van der Waals surface area contributed by atoms with Crippen molar-refractivity contribution in [2.75, 3.05) is 20.1 Å². The quantitative estimate of drug-likeness (QED) is 0.734. The van der Waals surface area contributed by atoms with Gasteiger partial charge in [0.05, 0.1) is 0 Å². The van der Waals surface area contributed by atoms with Gasteiger partial charge in [0.1, 0.15) is 6.33 Å². The maximum Gasteiger partial charge on any atom is 0.115 e. The molecule has 1 fully saturated rings. The summed E-state index contributed by atoms with van der Waals surface area (Å²) < 4.78 is 0. The largest absolute Gasteiger partial charge is 0.306 e. The Morgan fingerprint density at radius 2 is 1.93 bits per heavy atom. The van der Waals surface area contributed by atoms with Gasteiger partial charge in [-0.25, -0.2) is 9.97 Å². The Kier molecular flexibility index (Phi) is 3.45. The van der Waals surface area contributed by atoms with Crippen molar-refractivity contribution >= 4 is 6.08 Å². The Morgan fingerprint density at radius 3 is 2.60 bits per heavy atom. The van der Waals surface area contributed by atoms with Crippen LogP contribution in [-0.2, 0) is 0 Å². The molecular formula is C12H17N3. The van der Waals surface area contributed by atoms with Crippen molar-refractivity contribution in [2.45, 2.75) is 12.8 Å². The number of allylic oxidation sites excluding steroid dienone is 1. The first-order valence-corrected chi connectivity index (χ1v) is 5.46. The molecule has 0 aromatic carbocycles. The molecule has 2 heterocycles. The van der Waals surface area contributed by atoms with E-state index in [1.165, 1.54) is 25.9 Å². The highest BCUT2D eigenvalue weighted by molar-refractivity contribution is 5.46. The normalized spacial score (nSPS) is 19.8. The van der Waals surface area contributed by atoms with Gasteiger partial charge in [-0.1, -0.05) is 12.2 Å². The Bertz CT molecular complexity index is 313. The van der Waals surface area contributed by atoms with Crippen LogP contribution in [0.4, 0.5) is 0 Å². The average molecular weight is 203 g/mol. The molecule has 0 amide bonds. The van der Waals surface area contributed by atoms with Crippen molar-refractivity contribution in [3.63, 3.8) is 0 Å². The Balaban J connectivity index is 1.89. The third-order valence-corrected chi connectivity index (χ3v) is 2.90. The number of hydrogen-bond donors (Lipinski definition) is 0. The fourth-order valence-corrected chi connectivity index (χ4v) is 1.86. The van der Waals surface area contributed by atoms with E-state index in [9.17, 15) is 0 Å². The Morgan fingerprint density at radius 1 is 1.27 bits per heavy atom. The molecule has 15 heavy (non-hydrogen) atoms. The topological polar surface area (TPSA) is 29.0 Å². The van der Waals surface area contributed by atoms with E-state index in [0.29, 0.717) is 0 Å². The molecule has 0 atom stereocenters. The number of aromatic nitrogens is 2. The number of rotatable bonds is 2. The molecule has 1 aromatic rings. The summed E-state index contributed by atoms with van der Waals surface area (Å²) in [5.74, 6) is 0.724. The first kappa shape index (κ1) is 10.3. The highest BCUT2D eigenvalue weighted by atomic mass is 15.1. The Labute approximate surface area is 90.9 Å². The van der Waals surface area contributed by atoms with Crippen molar-refractivity contribution in [1.82, 2.24) is 14.9 Å². The first-order chi connectivity index (χ1) is 7.34. The van der Waals surface area contributed by atoms with Crippen LogP contribution < -0.4 is 0 Å². The van der Waals surface area contributed by atoms with Crippen LogP contribution in [0.5, 0.6) is 0 Å². The number of nitrogens with zero attached hydrogens (tertiary/aromatic N) is 3. The van der Waals surface area contributed by atoms with Gasteiger partial charge >= 0.3 is 0 Å². The van der Waals surface area contributed by atoms with Crippen molar-refractivity contribution in [2.24, 2.45) is 5.92 Å². The van der Waals surface area contributed by atoms with Crippen LogP contribution in [0.15, 0.2) is 24.8 Å². The molecule has 3 nitrogen and oxygen atoms in total. The van der Waals surface area contributed by atoms with Crippen LogP contribution in [0.3, 0.4) is 0 Å². The predicted molar refractivity (Wildman–Crippen MR) is 61.3 cm³/mol. The van der Waals surface area contributed by atoms with Crippen LogP contribution in [0.1, 0.15) is 18.4 Å². The summed E-state index contributed by atoms with van der Waals surface area (Å²) in [5, 5.41) is 0. The van der Waals surface area contributed by atoms with Crippen LogP contribution in [0.2, 0.25) is 0 Å². The molecule has 3 heteroatoms. The summed E-state index contributed by atoms with van der Waals surface area (Å²) in [5.41, 5.74) is 1.09. The SMILES string of the molecule is CN1CCC(C=Cc2cncnc2)CC1. The van der Waals surface area contributed by atoms with Gasteiger partial charge in [0, 0.05) is 18.0 Å². The van der Waals surface area contributed by atoms with E-state index in [2.05, 4.69) is 34.1 Å². The van der Waals surface area contributed by atoms with Crippen LogP contribution in [0.25, 0.3) is 6.08 Å². The molecule has 1 aromatic heterocycles. The molecule has 1 aliphatic heterocycles. The lowest BCUT2D eigenvalue weighted by molar-refractivity contribution is 0.244. The molecule has 0 N–H and O–H groups in total. The van der Waals surface area contributed by atoms with Gasteiger partial charge in [-0.05, 0) is 38.9 Å². The van der Waals surface area contributed by atoms with Gasteiger partial charge in [-0.2, -0.15) is 0 Å². The van der Waals surface area contributed by atoms with Gasteiger partial charge in [-0.15, -0.1) is 0 Å². The second-order valence-corrected chi connectivity index (χ2v) is 4.17. The second kappa shape index (κ2) is 5.03. The smallest absolute Gasteiger partial charge is 0.115 e. The summed E-state index contributed by atoms with van der Waals surface area (Å²) in [6.45, 7) is 2.42. The molecule has 80 valence electrons. The lowest BCUT2D eigenvalue weighted by atomic mass is 9.96. The third-order valence-electron chi connectivity index (χ3n) is 2.90. The maximum atomic E-state index is 3.99. The standard InChI is InChI=1S/C12H17N3/c1-15-6-4-11(5-7-15)2-3-12-8-13-10-14-9-12/h2-3,8-11H,4-7H2,1H3. The van der Waals surface area contributed by atoms with Crippen molar-refractivity contribution in [3.8, 4) is 0 Å². The van der Waals surface area contributed by atoms with Gasteiger partial charge in [0.2, 0.25) is 0 Å². The average Bonchev–Trinajstić information content (AvgIpc) is 2.30. The zero-order chi connectivity index (χ0) is 10.5. The van der Waals surface area contributed by atoms with E-state index in [1.807, 2.05) is 12.4 Å². The highest BCUT2D eigenvalue weighted by Gasteiger charge is 2.13. The third kappa shape index (κ3) is 3.13. The second-order valence-electron chi connectivity index (χ2n) is 4.17. The van der Waals surface area contributed by atoms with E-state index in [-0.39, 0.29) is 0 Å². The summed E-state index contributed by atoms with van der Waals surface area (Å²) in [6, 6.07) is 0. The zero-order valence-corrected chi connectivity index (χ0v) is 9.13. The van der Waals surface area contributed by atoms with Crippen LogP contribution >= 0.6 is 0 Å². The predicted octanol–water partition coefficient (Wildman–Crippen LogP) is 1.83. The van der Waals surface area contributed by atoms with Gasteiger partial charge in [0.15, 0.2) is 0 Å². The van der Waals surface area contributed by atoms with E-state index in [4.69, 9.17) is 0 Å². The zero-order valence-electron chi connectivity index (χ0n) is 9.13. The van der Waals surface area contributed by atoms with Gasteiger partial charge in [0.25, 0.3) is 0 Å². The molecule has 1 aliphatic rings. The van der Waals surface area contributed by atoms with E-state index < -0.39 is 0 Å². The molecule has 0 radical (unpaired) electrons. The summed E-state index contributed by atoms with van der Waals surface area (Å²) in [6.07, 6.45) is 12.2. The number of hydrogen-bond acceptors (Lipinski definition) is 3. The fourth-order valence-electron chi connectivity index (χ4n) is 1.86. The van der Waals surface area contributed by atoms with Crippen molar-refractivity contribution in [3.05, 3.63) is 30.4 Å². The van der Waals surface area contributed by atoms with Gasteiger partial charge in [-0.3, -0.25) is 0 Å². The van der Waals surface area contributed by atoms with E-state index >= 15 is 0 Å². The first-order valence-electron chi connectivity index (χ1n) is 5.46. The minimum atomic E-state index is 0.724. The van der Waals surface area contributed by atoms with Crippen molar-refractivity contribution in [1.29, 1.82) is 0 Å². The number of piperidine rings is 1. The number of likely N-dealkylation sites (tertiary alicyclic amines) is 1. The molecule has 0 saturated carbocycles. The molecule has 0 aliphatic carbocycles. The molecular weight excluding hydrogens is 186 g/mol. The minimum Gasteiger partial charge on any atom is -0.306 e. The maximum absolute atomic E-state index is 3.99. The lowest BCUT2D eigenvalue weighted by Crippen LogP contribution is -2.29. The minimum absolute atomic E-state index is 0.724.